The smallest absolute Gasteiger partial charge is 0.255 e. The predicted molar refractivity (Wildman–Crippen MR) is 84.9 cm³/mol. The van der Waals surface area contributed by atoms with Gasteiger partial charge in [0.15, 0.2) is 0 Å². The van der Waals surface area contributed by atoms with Crippen molar-refractivity contribution in [3.63, 3.8) is 0 Å². The minimum absolute atomic E-state index is 0.0779. The molecule has 0 aliphatic carbocycles. The number of thiophene rings is 1. The summed E-state index contributed by atoms with van der Waals surface area (Å²) >= 11 is 8.37. The number of fused-ring (bicyclic) bond motifs is 1. The monoisotopic (exact) mass is 420 g/mol. The minimum atomic E-state index is 0.0779. The van der Waals surface area contributed by atoms with Crippen LogP contribution in [0.3, 0.4) is 0 Å². The fraction of sp³-hybridized carbons (Fsp3) is 0.538. The number of piperidine rings is 2. The summed E-state index contributed by atoms with van der Waals surface area (Å²) in [4.78, 5) is 25.9. The van der Waals surface area contributed by atoms with Crippen LogP contribution in [0.2, 0.25) is 0 Å². The molecule has 0 aromatic carbocycles. The van der Waals surface area contributed by atoms with E-state index >= 15 is 0 Å². The van der Waals surface area contributed by atoms with Crippen molar-refractivity contribution < 1.29 is 9.59 Å². The maximum absolute atomic E-state index is 12.6. The van der Waals surface area contributed by atoms with Gasteiger partial charge in [0.05, 0.1) is 13.1 Å². The van der Waals surface area contributed by atoms with E-state index in [1.165, 1.54) is 11.3 Å². The first-order chi connectivity index (χ1) is 9.54. The second kappa shape index (κ2) is 5.77. The lowest BCUT2D eigenvalue weighted by atomic mass is 9.85. The molecule has 2 atom stereocenters. The fourth-order valence-corrected chi connectivity index (χ4v) is 5.73. The van der Waals surface area contributed by atoms with Gasteiger partial charge in [-0.05, 0) is 56.7 Å². The maximum Gasteiger partial charge on any atom is 0.255 e. The van der Waals surface area contributed by atoms with E-state index in [1.54, 1.807) is 0 Å². The van der Waals surface area contributed by atoms with Crippen molar-refractivity contribution in [1.29, 1.82) is 0 Å². The number of hydrogen-bond donors (Lipinski definition) is 1. The van der Waals surface area contributed by atoms with E-state index in [0.717, 1.165) is 32.5 Å². The lowest BCUT2D eigenvalue weighted by molar-refractivity contribution is -0.125. The Morgan fingerprint density at radius 3 is 2.90 bits per heavy atom. The third kappa shape index (κ3) is 2.80. The number of halogens is 2. The second-order valence-corrected chi connectivity index (χ2v) is 9.00. The molecule has 0 saturated carbocycles. The molecule has 0 spiro atoms. The van der Waals surface area contributed by atoms with Crippen LogP contribution in [0.5, 0.6) is 0 Å². The lowest BCUT2D eigenvalue weighted by Crippen LogP contribution is -2.55. The first kappa shape index (κ1) is 14.5. The van der Waals surface area contributed by atoms with Crippen molar-refractivity contribution in [3.8, 4) is 0 Å². The Kier molecular flexibility index (Phi) is 4.19. The van der Waals surface area contributed by atoms with Gasteiger partial charge in [0.1, 0.15) is 0 Å². The van der Waals surface area contributed by atoms with Gasteiger partial charge in [0.25, 0.3) is 5.91 Å². The number of hydrogen-bond acceptors (Lipinski definition) is 3. The Morgan fingerprint density at radius 2 is 2.20 bits per heavy atom. The molecule has 3 heterocycles. The maximum atomic E-state index is 12.6. The highest BCUT2D eigenvalue weighted by atomic mass is 79.9. The third-order valence-corrected chi connectivity index (χ3v) is 6.34. The zero-order valence-electron chi connectivity index (χ0n) is 10.7. The highest BCUT2D eigenvalue weighted by Gasteiger charge is 2.36. The summed E-state index contributed by atoms with van der Waals surface area (Å²) in [6.45, 7) is 1.45. The van der Waals surface area contributed by atoms with Gasteiger partial charge < -0.3 is 10.2 Å². The van der Waals surface area contributed by atoms with Crippen molar-refractivity contribution in [3.05, 3.63) is 19.2 Å². The van der Waals surface area contributed by atoms with E-state index < -0.39 is 0 Å². The first-order valence-electron chi connectivity index (χ1n) is 6.58. The summed E-state index contributed by atoms with van der Waals surface area (Å²) in [5.74, 6) is 0.621. The van der Waals surface area contributed by atoms with E-state index in [9.17, 15) is 9.59 Å². The van der Waals surface area contributed by atoms with Crippen LogP contribution >= 0.6 is 43.2 Å². The topological polar surface area (TPSA) is 49.4 Å². The Morgan fingerprint density at radius 1 is 1.40 bits per heavy atom. The van der Waals surface area contributed by atoms with Gasteiger partial charge in [-0.15, -0.1) is 11.3 Å². The molecule has 7 heteroatoms. The summed E-state index contributed by atoms with van der Waals surface area (Å²) < 4.78 is 1.82. The Balaban J connectivity index is 1.71. The second-order valence-electron chi connectivity index (χ2n) is 5.25. The van der Waals surface area contributed by atoms with Crippen LogP contribution in [-0.4, -0.2) is 35.8 Å². The Bertz CT molecular complexity index is 561. The average Bonchev–Trinajstić information content (AvgIpc) is 2.76. The van der Waals surface area contributed by atoms with Gasteiger partial charge in [-0.25, -0.2) is 0 Å². The zero-order chi connectivity index (χ0) is 14.3. The third-order valence-electron chi connectivity index (χ3n) is 4.00. The minimum Gasteiger partial charge on any atom is -0.353 e. The number of likely N-dealkylation sites (tertiary alicyclic amines) is 1. The summed E-state index contributed by atoms with van der Waals surface area (Å²) in [6.07, 6.45) is 2.32. The molecule has 4 nitrogen and oxygen atoms in total. The van der Waals surface area contributed by atoms with Crippen LogP contribution in [0, 0.1) is 5.92 Å². The molecule has 2 fully saturated rings. The molecule has 2 unspecified atom stereocenters. The normalized spacial score (nSPS) is 26.1. The van der Waals surface area contributed by atoms with Gasteiger partial charge in [0.2, 0.25) is 5.91 Å². The van der Waals surface area contributed by atoms with Gasteiger partial charge in [-0.3, -0.25) is 9.59 Å². The number of amides is 2. The molecule has 3 rings (SSSR count). The molecule has 1 N–H and O–H groups in total. The zero-order valence-corrected chi connectivity index (χ0v) is 14.7. The summed E-state index contributed by atoms with van der Waals surface area (Å²) in [5, 5.41) is 3.04. The molecule has 2 saturated heterocycles. The van der Waals surface area contributed by atoms with Crippen LogP contribution < -0.4 is 5.32 Å². The molecule has 1 aromatic heterocycles. The van der Waals surface area contributed by atoms with Gasteiger partial charge in [0, 0.05) is 25.6 Å². The fourth-order valence-electron chi connectivity index (χ4n) is 2.95. The molecule has 2 amide bonds. The van der Waals surface area contributed by atoms with E-state index in [2.05, 4.69) is 37.2 Å². The number of carbonyl (C=O) groups excluding carboxylic acids is 2. The molecule has 108 valence electrons. The van der Waals surface area contributed by atoms with E-state index in [1.807, 2.05) is 11.0 Å². The van der Waals surface area contributed by atoms with E-state index in [-0.39, 0.29) is 17.9 Å². The first-order valence-corrected chi connectivity index (χ1v) is 8.98. The van der Waals surface area contributed by atoms with Crippen molar-refractivity contribution in [1.82, 2.24) is 10.2 Å². The molecular weight excluding hydrogens is 408 g/mol. The summed E-state index contributed by atoms with van der Waals surface area (Å²) in [7, 11) is 0. The summed E-state index contributed by atoms with van der Waals surface area (Å²) in [6, 6.07) is 2.11. The predicted octanol–water partition coefficient (Wildman–Crippen LogP) is 3.01. The van der Waals surface area contributed by atoms with Crippen molar-refractivity contribution in [2.45, 2.75) is 25.3 Å². The van der Waals surface area contributed by atoms with Crippen LogP contribution in [0.1, 0.15) is 29.6 Å². The van der Waals surface area contributed by atoms with Crippen LogP contribution in [0.15, 0.2) is 13.6 Å². The van der Waals surface area contributed by atoms with E-state index in [4.69, 9.17) is 0 Å². The largest absolute Gasteiger partial charge is 0.353 e. The molecule has 2 aliphatic heterocycles. The molecule has 20 heavy (non-hydrogen) atoms. The molecule has 2 aliphatic rings. The number of carbonyl (C=O) groups is 2. The van der Waals surface area contributed by atoms with Crippen molar-refractivity contribution in [2.24, 2.45) is 5.92 Å². The molecule has 1 aromatic rings. The lowest BCUT2D eigenvalue weighted by Gasteiger charge is -2.41. The highest BCUT2D eigenvalue weighted by molar-refractivity contribution is 9.12. The quantitative estimate of drug-likeness (QED) is 0.757. The number of nitrogens with one attached hydrogen (secondary N) is 1. The SMILES string of the molecule is O=C1CCC2CN(C(=O)c3cc(Br)sc3Br)CCC2N1. The van der Waals surface area contributed by atoms with E-state index in [0.29, 0.717) is 18.9 Å². The van der Waals surface area contributed by atoms with Crippen molar-refractivity contribution >= 4 is 55.0 Å². The Hall–Kier alpha value is -0.400. The Labute approximate surface area is 138 Å². The van der Waals surface area contributed by atoms with Crippen LogP contribution in [-0.2, 0) is 4.79 Å². The highest BCUT2D eigenvalue weighted by Crippen LogP contribution is 2.34. The standard InChI is InChI=1S/C13H14Br2N2O2S/c14-10-5-8(12(15)20-10)13(19)17-4-3-9-7(6-17)1-2-11(18)16-9/h5,7,9H,1-4,6H2,(H,16,18). The van der Waals surface area contributed by atoms with Crippen molar-refractivity contribution in [2.75, 3.05) is 13.1 Å². The number of nitrogens with zero attached hydrogens (tertiary/aromatic N) is 1. The van der Waals surface area contributed by atoms with Gasteiger partial charge in [-0.1, -0.05) is 0 Å². The van der Waals surface area contributed by atoms with Crippen LogP contribution in [0.25, 0.3) is 0 Å². The molecular formula is C13H14Br2N2O2S. The van der Waals surface area contributed by atoms with Crippen LogP contribution in [0.4, 0.5) is 0 Å². The number of rotatable bonds is 1. The molecule has 0 radical (unpaired) electrons. The average molecular weight is 422 g/mol. The molecule has 0 bridgehead atoms. The van der Waals surface area contributed by atoms with Gasteiger partial charge >= 0.3 is 0 Å². The summed E-state index contributed by atoms with van der Waals surface area (Å²) in [5.41, 5.74) is 0.722. The van der Waals surface area contributed by atoms with Gasteiger partial charge in [-0.2, -0.15) is 0 Å².